The first-order valence-electron chi connectivity index (χ1n) is 5.31. The highest BCUT2D eigenvalue weighted by Crippen LogP contribution is 2.30. The molecule has 0 radical (unpaired) electrons. The summed E-state index contributed by atoms with van der Waals surface area (Å²) >= 11 is 6.00. The molecule has 0 saturated carbocycles. The van der Waals surface area contributed by atoms with Crippen LogP contribution in [0.2, 0.25) is 5.15 Å². The molecule has 0 aliphatic rings. The van der Waals surface area contributed by atoms with Crippen LogP contribution < -0.4 is 5.73 Å². The van der Waals surface area contributed by atoms with Gasteiger partial charge < -0.3 is 10.5 Å². The first-order chi connectivity index (χ1) is 8.69. The summed E-state index contributed by atoms with van der Waals surface area (Å²) in [4.78, 5) is 0. The van der Waals surface area contributed by atoms with Gasteiger partial charge in [-0.2, -0.15) is 10.4 Å². The van der Waals surface area contributed by atoms with Crippen LogP contribution in [0.5, 0.6) is 0 Å². The molecule has 2 N–H and O–H groups in total. The number of rotatable bonds is 3. The number of methoxy groups -OCH3 is 1. The van der Waals surface area contributed by atoms with Gasteiger partial charge in [-0.1, -0.05) is 17.7 Å². The lowest BCUT2D eigenvalue weighted by Crippen LogP contribution is -2.03. The predicted octanol–water partition coefficient (Wildman–Crippen LogP) is 1.93. The number of nitrogens with zero attached hydrogens (tertiary/aromatic N) is 3. The molecule has 5 nitrogen and oxygen atoms in total. The van der Waals surface area contributed by atoms with Crippen molar-refractivity contribution in [3.8, 4) is 6.07 Å². The van der Waals surface area contributed by atoms with E-state index in [0.29, 0.717) is 29.7 Å². The summed E-state index contributed by atoms with van der Waals surface area (Å²) in [6.07, 6.45) is 0.614. The second kappa shape index (κ2) is 5.17. The highest BCUT2D eigenvalue weighted by molar-refractivity contribution is 6.35. The van der Waals surface area contributed by atoms with Crippen LogP contribution in [0.3, 0.4) is 0 Å². The Labute approximate surface area is 109 Å². The Morgan fingerprint density at radius 3 is 2.89 bits per heavy atom. The summed E-state index contributed by atoms with van der Waals surface area (Å²) in [5.74, 6) is 0. The number of halogens is 1. The van der Waals surface area contributed by atoms with Crippen molar-refractivity contribution in [1.82, 2.24) is 10.2 Å². The summed E-state index contributed by atoms with van der Waals surface area (Å²) in [7, 11) is 1.62. The number of nitrogen functional groups attached to an aromatic ring is 1. The Bertz CT molecular complexity index is 636. The second-order valence-electron chi connectivity index (χ2n) is 3.74. The van der Waals surface area contributed by atoms with Crippen molar-refractivity contribution < 1.29 is 4.74 Å². The number of hydrogen-bond acceptors (Lipinski definition) is 5. The lowest BCUT2D eigenvalue weighted by molar-refractivity contribution is 0.201. The summed E-state index contributed by atoms with van der Waals surface area (Å²) in [6.45, 7) is 0.533. The van der Waals surface area contributed by atoms with E-state index in [4.69, 9.17) is 27.3 Å². The molecular weight excluding hydrogens is 252 g/mol. The van der Waals surface area contributed by atoms with E-state index in [2.05, 4.69) is 10.2 Å². The van der Waals surface area contributed by atoms with Gasteiger partial charge in [-0.15, -0.1) is 5.10 Å². The van der Waals surface area contributed by atoms with Gasteiger partial charge in [0, 0.05) is 24.3 Å². The lowest BCUT2D eigenvalue weighted by atomic mass is 10.0. The van der Waals surface area contributed by atoms with Gasteiger partial charge in [-0.05, 0) is 6.07 Å². The molecule has 0 saturated heterocycles. The zero-order chi connectivity index (χ0) is 13.1. The Balaban J connectivity index is 2.69. The Hall–Kier alpha value is -1.90. The van der Waals surface area contributed by atoms with Crippen LogP contribution in [0.4, 0.5) is 5.69 Å². The largest absolute Gasteiger partial charge is 0.397 e. The fraction of sp³-hybridized carbons (Fsp3) is 0.250. The Morgan fingerprint density at radius 2 is 2.22 bits per heavy atom. The maximum Gasteiger partial charge on any atom is 0.161 e. The number of benzene rings is 1. The zero-order valence-corrected chi connectivity index (χ0v) is 10.5. The average molecular weight is 263 g/mol. The number of ether oxygens (including phenoxy) is 1. The Kier molecular flexibility index (Phi) is 3.60. The van der Waals surface area contributed by atoms with Crippen molar-refractivity contribution in [3.63, 3.8) is 0 Å². The minimum Gasteiger partial charge on any atom is -0.397 e. The fourth-order valence-corrected chi connectivity index (χ4v) is 2.01. The monoisotopic (exact) mass is 262 g/mol. The minimum atomic E-state index is 0.209. The van der Waals surface area contributed by atoms with Gasteiger partial charge in [0.1, 0.15) is 6.07 Å². The van der Waals surface area contributed by atoms with E-state index < -0.39 is 0 Å². The molecular formula is C12H11ClN4O. The third-order valence-corrected chi connectivity index (χ3v) is 2.95. The number of fused-ring (bicyclic) bond motifs is 1. The van der Waals surface area contributed by atoms with Crippen molar-refractivity contribution in [2.24, 2.45) is 0 Å². The van der Waals surface area contributed by atoms with Crippen LogP contribution in [0, 0.1) is 11.3 Å². The third-order valence-electron chi connectivity index (χ3n) is 2.68. The molecule has 1 heterocycles. The number of aromatic nitrogens is 2. The molecule has 1 aromatic heterocycles. The second-order valence-corrected chi connectivity index (χ2v) is 4.10. The summed E-state index contributed by atoms with van der Waals surface area (Å²) in [5, 5.41) is 18.5. The van der Waals surface area contributed by atoms with E-state index >= 15 is 0 Å². The quantitative estimate of drug-likeness (QED) is 0.854. The standard InChI is InChI=1S/C12H11ClN4O/c1-18-5-4-9-8-3-2-7(6-14)11(15)10(8)12(13)17-16-9/h2-3H,4-5,15H2,1H3. The molecule has 0 unspecified atom stereocenters. The van der Waals surface area contributed by atoms with Crippen LogP contribution in [-0.4, -0.2) is 23.9 Å². The van der Waals surface area contributed by atoms with Crippen molar-refractivity contribution in [3.05, 3.63) is 28.5 Å². The van der Waals surface area contributed by atoms with E-state index in [1.807, 2.05) is 6.07 Å². The molecule has 0 fully saturated rings. The van der Waals surface area contributed by atoms with Crippen molar-refractivity contribution in [2.75, 3.05) is 19.5 Å². The van der Waals surface area contributed by atoms with Crippen molar-refractivity contribution in [1.29, 1.82) is 5.26 Å². The van der Waals surface area contributed by atoms with Crippen molar-refractivity contribution in [2.45, 2.75) is 6.42 Å². The maximum atomic E-state index is 8.95. The lowest BCUT2D eigenvalue weighted by Gasteiger charge is -2.08. The molecule has 2 aromatic rings. The van der Waals surface area contributed by atoms with E-state index in [1.165, 1.54) is 0 Å². The highest BCUT2D eigenvalue weighted by atomic mass is 35.5. The van der Waals surface area contributed by atoms with Gasteiger partial charge in [-0.25, -0.2) is 0 Å². The number of hydrogen-bond donors (Lipinski definition) is 1. The van der Waals surface area contributed by atoms with E-state index in [-0.39, 0.29) is 5.15 Å². The van der Waals surface area contributed by atoms with E-state index in [0.717, 1.165) is 11.1 Å². The first kappa shape index (κ1) is 12.6. The Morgan fingerprint density at radius 1 is 1.44 bits per heavy atom. The predicted molar refractivity (Wildman–Crippen MR) is 69.3 cm³/mol. The van der Waals surface area contributed by atoms with Crippen molar-refractivity contribution >= 4 is 28.1 Å². The fourth-order valence-electron chi connectivity index (χ4n) is 1.77. The minimum absolute atomic E-state index is 0.209. The van der Waals surface area contributed by atoms with Gasteiger partial charge in [0.25, 0.3) is 0 Å². The normalized spacial score (nSPS) is 10.5. The van der Waals surface area contributed by atoms with E-state index in [1.54, 1.807) is 19.2 Å². The molecule has 0 aliphatic carbocycles. The molecule has 0 atom stereocenters. The average Bonchev–Trinajstić information content (AvgIpc) is 2.38. The first-order valence-corrected chi connectivity index (χ1v) is 5.69. The van der Waals surface area contributed by atoms with Gasteiger partial charge in [0.05, 0.1) is 23.6 Å². The molecule has 0 spiro atoms. The van der Waals surface area contributed by atoms with Crippen LogP contribution in [-0.2, 0) is 11.2 Å². The van der Waals surface area contributed by atoms with Crippen LogP contribution in [0.1, 0.15) is 11.3 Å². The molecule has 1 aromatic carbocycles. The topological polar surface area (TPSA) is 84.8 Å². The van der Waals surface area contributed by atoms with E-state index in [9.17, 15) is 0 Å². The van der Waals surface area contributed by atoms with Crippen LogP contribution in [0.15, 0.2) is 12.1 Å². The van der Waals surface area contributed by atoms with Gasteiger partial charge in [0.15, 0.2) is 5.15 Å². The molecule has 0 aliphatic heterocycles. The summed E-state index contributed by atoms with van der Waals surface area (Å²) in [6, 6.07) is 5.47. The third kappa shape index (κ3) is 2.08. The van der Waals surface area contributed by atoms with Gasteiger partial charge in [-0.3, -0.25) is 0 Å². The summed E-state index contributed by atoms with van der Waals surface area (Å²) in [5.41, 5.74) is 7.40. The zero-order valence-electron chi connectivity index (χ0n) is 9.77. The number of nitrogens with two attached hydrogens (primary N) is 1. The van der Waals surface area contributed by atoms with Crippen LogP contribution >= 0.6 is 11.6 Å². The molecule has 18 heavy (non-hydrogen) atoms. The molecule has 6 heteroatoms. The van der Waals surface area contributed by atoms with Gasteiger partial charge in [0.2, 0.25) is 0 Å². The summed E-state index contributed by atoms with van der Waals surface area (Å²) < 4.78 is 5.02. The number of anilines is 1. The number of nitriles is 1. The molecule has 0 amide bonds. The SMILES string of the molecule is COCCc1nnc(Cl)c2c(N)c(C#N)ccc12. The molecule has 0 bridgehead atoms. The maximum absolute atomic E-state index is 8.95. The van der Waals surface area contributed by atoms with Crippen LogP contribution in [0.25, 0.3) is 10.8 Å². The molecule has 2 rings (SSSR count). The molecule has 92 valence electrons. The highest BCUT2D eigenvalue weighted by Gasteiger charge is 2.13. The van der Waals surface area contributed by atoms with Gasteiger partial charge >= 0.3 is 0 Å². The smallest absolute Gasteiger partial charge is 0.161 e.